The molecule has 0 aromatic heterocycles. The fourth-order valence-electron chi connectivity index (χ4n) is 2.51. The molecule has 0 bridgehead atoms. The summed E-state index contributed by atoms with van der Waals surface area (Å²) in [5, 5.41) is 23.4. The number of rotatable bonds is 8. The van der Waals surface area contributed by atoms with Gasteiger partial charge in [0.05, 0.1) is 6.61 Å². The molecule has 2 rings (SSSR count). The molecule has 2 aliphatic heterocycles. The summed E-state index contributed by atoms with van der Waals surface area (Å²) in [6.07, 6.45) is 2.70. The molecule has 7 N–H and O–H groups in total. The van der Waals surface area contributed by atoms with E-state index in [0.717, 1.165) is 11.0 Å². The van der Waals surface area contributed by atoms with Gasteiger partial charge in [-0.2, -0.15) is 4.31 Å². The lowest BCUT2D eigenvalue weighted by molar-refractivity contribution is -0.120. The number of nitrogens with zero attached hydrogens (tertiary/aromatic N) is 1. The van der Waals surface area contributed by atoms with Crippen LogP contribution in [0, 0.1) is 12.3 Å². The topological polar surface area (TPSA) is 225 Å². The molecule has 15 nitrogen and oxygen atoms in total. The first-order chi connectivity index (χ1) is 14.0. The lowest BCUT2D eigenvalue weighted by atomic mass is 9.94. The highest BCUT2D eigenvalue weighted by Gasteiger charge is 2.57. The molecule has 31 heavy (non-hydrogen) atoms. The Hall–Kier alpha value is -0.980. The van der Waals surface area contributed by atoms with Crippen molar-refractivity contribution < 1.29 is 61.6 Å². The van der Waals surface area contributed by atoms with Gasteiger partial charge in [0.25, 0.3) is 5.91 Å². The molecule has 0 aromatic carbocycles. The Balaban J connectivity index is 2.13. The number of hydrogen-bond donors (Lipinski definition) is 7. The maximum Gasteiger partial charge on any atom is 0.488 e. The highest BCUT2D eigenvalue weighted by atomic mass is 32.5. The van der Waals surface area contributed by atoms with E-state index in [1.54, 1.807) is 0 Å². The van der Waals surface area contributed by atoms with Crippen molar-refractivity contribution in [3.8, 4) is 12.3 Å². The van der Waals surface area contributed by atoms with E-state index in [4.69, 9.17) is 25.5 Å². The van der Waals surface area contributed by atoms with E-state index in [0.29, 0.717) is 0 Å². The molecule has 2 aliphatic rings. The normalized spacial score (nSPS) is 32.8. The maximum atomic E-state index is 11.5. The Morgan fingerprint density at radius 1 is 1.35 bits per heavy atom. The van der Waals surface area contributed by atoms with Crippen LogP contribution in [0.3, 0.4) is 0 Å². The quantitative estimate of drug-likeness (QED) is 0.140. The third-order valence-corrected chi connectivity index (χ3v) is 8.47. The summed E-state index contributed by atoms with van der Waals surface area (Å²) in [4.78, 5) is 48.7. The van der Waals surface area contributed by atoms with Gasteiger partial charge in [-0.25, -0.2) is 13.4 Å². The van der Waals surface area contributed by atoms with Crippen LogP contribution in [-0.4, -0.2) is 71.2 Å². The predicted molar refractivity (Wildman–Crippen MR) is 103 cm³/mol. The number of carbonyl (C=O) groups excluding carboxylic acids is 1. The van der Waals surface area contributed by atoms with Crippen LogP contribution in [0.25, 0.3) is 0 Å². The Morgan fingerprint density at radius 2 is 1.97 bits per heavy atom. The lowest BCUT2D eigenvalue weighted by Gasteiger charge is -2.36. The predicted octanol–water partition coefficient (Wildman–Crippen LogP) is -1.69. The van der Waals surface area contributed by atoms with Gasteiger partial charge in [-0.1, -0.05) is 12.5 Å². The first-order valence-electron chi connectivity index (χ1n) is 7.78. The number of aliphatic hydroxyl groups is 2. The maximum absolute atomic E-state index is 11.5. The van der Waals surface area contributed by atoms with Crippen molar-refractivity contribution in [2.75, 3.05) is 6.61 Å². The fraction of sp³-hybridized carbons (Fsp3) is 0.417. The monoisotopic (exact) mass is 522 g/mol. The summed E-state index contributed by atoms with van der Waals surface area (Å²) >= 11 is 4.46. The first kappa shape index (κ1) is 26.3. The molecule has 19 heteroatoms. The molecule has 2 heterocycles. The van der Waals surface area contributed by atoms with E-state index >= 15 is 0 Å². The Kier molecular flexibility index (Phi) is 7.72. The van der Waals surface area contributed by atoms with E-state index < -0.39 is 58.9 Å². The van der Waals surface area contributed by atoms with Crippen LogP contribution in [0.5, 0.6) is 0 Å². The zero-order chi connectivity index (χ0) is 23.8. The Morgan fingerprint density at radius 3 is 2.48 bits per heavy atom. The largest absolute Gasteiger partial charge is 0.488 e. The highest BCUT2D eigenvalue weighted by molar-refractivity contribution is 8.08. The van der Waals surface area contributed by atoms with Gasteiger partial charge >= 0.3 is 22.4 Å². The van der Waals surface area contributed by atoms with E-state index in [-0.39, 0.29) is 5.82 Å². The number of terminal acetylenes is 1. The van der Waals surface area contributed by atoms with E-state index in [1.165, 1.54) is 6.20 Å². The molecule has 6 atom stereocenters. The van der Waals surface area contributed by atoms with Crippen LogP contribution in [0.1, 0.15) is 0 Å². The average Bonchev–Trinajstić information content (AvgIpc) is 2.82. The van der Waals surface area contributed by atoms with Gasteiger partial charge in [0.2, 0.25) is 0 Å². The Bertz CT molecular complexity index is 975. The van der Waals surface area contributed by atoms with Crippen LogP contribution < -0.4 is 5.32 Å². The van der Waals surface area contributed by atoms with Crippen molar-refractivity contribution in [3.05, 3.63) is 24.7 Å². The SMILES string of the molecule is C#C[C@@]1(O)[C@H](O)[C@@H](CO[P@@](O)(=S)OP(=O)(O)OP(=O)(O)O)O[C@H]1N1C=CC(=O)NC1=C. The van der Waals surface area contributed by atoms with Crippen molar-refractivity contribution in [2.45, 2.75) is 24.0 Å². The van der Waals surface area contributed by atoms with Crippen LogP contribution in [0.2, 0.25) is 0 Å². The van der Waals surface area contributed by atoms with Crippen LogP contribution in [0.4, 0.5) is 0 Å². The van der Waals surface area contributed by atoms with Crippen molar-refractivity contribution in [3.63, 3.8) is 0 Å². The van der Waals surface area contributed by atoms with Gasteiger partial charge in [-0.3, -0.25) is 4.79 Å². The van der Waals surface area contributed by atoms with Gasteiger partial charge in [-0.15, -0.1) is 6.42 Å². The number of carbonyl (C=O) groups is 1. The highest BCUT2D eigenvalue weighted by Crippen LogP contribution is 2.66. The number of nitrogens with one attached hydrogen (secondary N) is 1. The zero-order valence-electron chi connectivity index (χ0n) is 15.1. The molecule has 1 unspecified atom stereocenters. The van der Waals surface area contributed by atoms with Crippen LogP contribution >= 0.6 is 22.4 Å². The molecule has 0 saturated carbocycles. The third-order valence-electron chi connectivity index (χ3n) is 3.75. The molecule has 0 radical (unpaired) electrons. The van der Waals surface area contributed by atoms with Gasteiger partial charge in [-0.05, 0) is 11.8 Å². The number of phosphoric acid groups is 2. The molecule has 0 aliphatic carbocycles. The van der Waals surface area contributed by atoms with E-state index in [1.807, 2.05) is 5.92 Å². The number of hydrogen-bond acceptors (Lipinski definition) is 11. The van der Waals surface area contributed by atoms with Crippen LogP contribution in [-0.2, 0) is 43.6 Å². The molecular formula is C12H17N2O13P3S. The average molecular weight is 522 g/mol. The van der Waals surface area contributed by atoms with Crippen molar-refractivity contribution >= 4 is 40.1 Å². The summed E-state index contributed by atoms with van der Waals surface area (Å²) in [7, 11) is -11.0. The minimum atomic E-state index is -5.54. The molecule has 0 aromatic rings. The van der Waals surface area contributed by atoms with Gasteiger partial charge < -0.3 is 49.3 Å². The summed E-state index contributed by atoms with van der Waals surface area (Å²) in [5.74, 6) is 1.38. The molecule has 0 spiro atoms. The second-order valence-electron chi connectivity index (χ2n) is 5.99. The van der Waals surface area contributed by atoms with Crippen molar-refractivity contribution in [1.29, 1.82) is 0 Å². The summed E-state index contributed by atoms with van der Waals surface area (Å²) in [6.45, 7) is -1.98. The molecular weight excluding hydrogens is 505 g/mol. The second kappa shape index (κ2) is 9.11. The third kappa shape index (κ3) is 6.52. The number of amides is 1. The smallest absolute Gasteiger partial charge is 0.386 e. The fourth-order valence-corrected chi connectivity index (χ4v) is 6.49. The van der Waals surface area contributed by atoms with Gasteiger partial charge in [0.1, 0.15) is 18.0 Å². The second-order valence-corrected chi connectivity index (χ2v) is 11.8. The van der Waals surface area contributed by atoms with Gasteiger partial charge in [0.15, 0.2) is 11.8 Å². The summed E-state index contributed by atoms with van der Waals surface area (Å²) in [6, 6.07) is 0. The summed E-state index contributed by atoms with van der Waals surface area (Å²) in [5.41, 5.74) is -2.38. The first-order valence-corrected chi connectivity index (χ1v) is 13.4. The van der Waals surface area contributed by atoms with Gasteiger partial charge in [0, 0.05) is 12.3 Å². The molecule has 1 amide bonds. The van der Waals surface area contributed by atoms with E-state index in [9.17, 15) is 33.9 Å². The summed E-state index contributed by atoms with van der Waals surface area (Å²) < 4.78 is 39.9. The molecule has 174 valence electrons. The molecule has 1 fully saturated rings. The van der Waals surface area contributed by atoms with E-state index in [2.05, 4.69) is 32.3 Å². The van der Waals surface area contributed by atoms with Crippen molar-refractivity contribution in [1.82, 2.24) is 10.2 Å². The minimum absolute atomic E-state index is 0.0497. The standard InChI is InChI=1S/C12H17N2O13P3S/c1-3-12(17)10(16)8(25-11(12)14-5-4-9(15)13-7(14)2)6-24-30(23,31)27-29(21,22)26-28(18,19)20/h1,4-5,8,10-11,16-17H,2,6H2,(H,13,15)(H,21,22)(H,23,31)(H2,18,19,20)/t8-,10-,11-,12-,30-/m1/s1. The van der Waals surface area contributed by atoms with Crippen LogP contribution in [0.15, 0.2) is 24.7 Å². The number of ether oxygens (including phenoxy) is 1. The van der Waals surface area contributed by atoms with Crippen molar-refractivity contribution in [2.24, 2.45) is 0 Å². The molecule has 1 saturated heterocycles. The number of aliphatic hydroxyl groups excluding tert-OH is 1. The lowest BCUT2D eigenvalue weighted by Crippen LogP contribution is -2.54. The minimum Gasteiger partial charge on any atom is -0.386 e. The Labute approximate surface area is 180 Å². The zero-order valence-corrected chi connectivity index (χ0v) is 18.6.